The normalized spacial score (nSPS) is 12.5. The van der Waals surface area contributed by atoms with Crippen molar-refractivity contribution in [3.8, 4) is 5.75 Å². The molecule has 0 spiro atoms. The summed E-state index contributed by atoms with van der Waals surface area (Å²) in [5.41, 5.74) is 1.27. The Morgan fingerprint density at radius 3 is 2.73 bits per heavy atom. The molecular weight excluding hydrogens is 275 g/mol. The van der Waals surface area contributed by atoms with Gasteiger partial charge in [0.15, 0.2) is 0 Å². The highest BCUT2D eigenvalue weighted by atomic mass is 79.9. The summed E-state index contributed by atoms with van der Waals surface area (Å²) in [6.07, 6.45) is 2.10. The Kier molecular flexibility index (Phi) is 5.48. The summed E-state index contributed by atoms with van der Waals surface area (Å²) in [5.74, 6) is 2.15. The highest BCUT2D eigenvalue weighted by Crippen LogP contribution is 2.26. The van der Waals surface area contributed by atoms with Crippen molar-refractivity contribution in [2.75, 3.05) is 13.0 Å². The van der Waals surface area contributed by atoms with Crippen LogP contribution in [0.25, 0.3) is 0 Å². The molecule has 0 N–H and O–H groups in total. The lowest BCUT2D eigenvalue weighted by atomic mass is 9.99. The second kappa shape index (κ2) is 6.39. The zero-order chi connectivity index (χ0) is 11.3. The molecule has 1 aromatic rings. The summed E-state index contributed by atoms with van der Waals surface area (Å²) in [7, 11) is 1.69. The topological polar surface area (TPSA) is 9.23 Å². The van der Waals surface area contributed by atoms with Gasteiger partial charge < -0.3 is 4.74 Å². The van der Waals surface area contributed by atoms with Crippen LogP contribution in [0.5, 0.6) is 5.75 Å². The molecule has 84 valence electrons. The SMILES string of the molecule is CCC(CCl)Cc1cc(OC)ccc1Br. The van der Waals surface area contributed by atoms with Crippen molar-refractivity contribution >= 4 is 27.5 Å². The van der Waals surface area contributed by atoms with Crippen LogP contribution in [-0.4, -0.2) is 13.0 Å². The van der Waals surface area contributed by atoms with Crippen molar-refractivity contribution in [3.05, 3.63) is 28.2 Å². The molecule has 0 bridgehead atoms. The van der Waals surface area contributed by atoms with Gasteiger partial charge in [-0.3, -0.25) is 0 Å². The Morgan fingerprint density at radius 1 is 1.47 bits per heavy atom. The van der Waals surface area contributed by atoms with E-state index in [2.05, 4.69) is 28.9 Å². The molecule has 0 aliphatic heterocycles. The zero-order valence-electron chi connectivity index (χ0n) is 9.09. The number of rotatable bonds is 5. The molecule has 0 aliphatic rings. The first-order chi connectivity index (χ1) is 7.21. The summed E-state index contributed by atoms with van der Waals surface area (Å²) in [5, 5.41) is 0. The van der Waals surface area contributed by atoms with Crippen LogP contribution >= 0.6 is 27.5 Å². The zero-order valence-corrected chi connectivity index (χ0v) is 11.4. The van der Waals surface area contributed by atoms with Crippen LogP contribution in [0.4, 0.5) is 0 Å². The van der Waals surface area contributed by atoms with Gasteiger partial charge in [-0.1, -0.05) is 29.3 Å². The van der Waals surface area contributed by atoms with E-state index in [0.29, 0.717) is 11.8 Å². The van der Waals surface area contributed by atoms with Gasteiger partial charge >= 0.3 is 0 Å². The minimum Gasteiger partial charge on any atom is -0.497 e. The number of ether oxygens (including phenoxy) is 1. The van der Waals surface area contributed by atoms with Crippen molar-refractivity contribution in [3.63, 3.8) is 0 Å². The summed E-state index contributed by atoms with van der Waals surface area (Å²) in [6, 6.07) is 6.05. The lowest BCUT2D eigenvalue weighted by Crippen LogP contribution is -2.05. The molecule has 1 rings (SSSR count). The number of halogens is 2. The molecule has 3 heteroatoms. The van der Waals surface area contributed by atoms with Gasteiger partial charge in [-0.25, -0.2) is 0 Å². The van der Waals surface area contributed by atoms with E-state index in [9.17, 15) is 0 Å². The van der Waals surface area contributed by atoms with Gasteiger partial charge in [0.1, 0.15) is 5.75 Å². The van der Waals surface area contributed by atoms with Crippen molar-refractivity contribution in [2.24, 2.45) is 5.92 Å². The second-order valence-electron chi connectivity index (χ2n) is 3.59. The summed E-state index contributed by atoms with van der Waals surface area (Å²) in [6.45, 7) is 2.17. The molecule has 0 aromatic heterocycles. The summed E-state index contributed by atoms with van der Waals surface area (Å²) >= 11 is 9.44. The first kappa shape index (κ1) is 12.9. The molecule has 0 amide bonds. The lowest BCUT2D eigenvalue weighted by molar-refractivity contribution is 0.413. The smallest absolute Gasteiger partial charge is 0.119 e. The molecule has 15 heavy (non-hydrogen) atoms. The molecule has 0 heterocycles. The molecule has 1 unspecified atom stereocenters. The van der Waals surface area contributed by atoms with Crippen molar-refractivity contribution in [1.82, 2.24) is 0 Å². The minimum atomic E-state index is 0.537. The largest absolute Gasteiger partial charge is 0.497 e. The molecule has 0 radical (unpaired) electrons. The quantitative estimate of drug-likeness (QED) is 0.736. The Morgan fingerprint density at radius 2 is 2.20 bits per heavy atom. The van der Waals surface area contributed by atoms with E-state index >= 15 is 0 Å². The predicted molar refractivity (Wildman–Crippen MR) is 68.9 cm³/mol. The Balaban J connectivity index is 2.82. The van der Waals surface area contributed by atoms with Gasteiger partial charge in [0, 0.05) is 10.4 Å². The van der Waals surface area contributed by atoms with Crippen LogP contribution < -0.4 is 4.74 Å². The fourth-order valence-electron chi connectivity index (χ4n) is 1.45. The van der Waals surface area contributed by atoms with E-state index in [4.69, 9.17) is 16.3 Å². The third kappa shape index (κ3) is 3.69. The van der Waals surface area contributed by atoms with Gasteiger partial charge in [-0.15, -0.1) is 11.6 Å². The van der Waals surface area contributed by atoms with Crippen LogP contribution in [0.1, 0.15) is 18.9 Å². The summed E-state index contributed by atoms with van der Waals surface area (Å²) < 4.78 is 6.34. The second-order valence-corrected chi connectivity index (χ2v) is 4.75. The molecule has 0 aliphatic carbocycles. The van der Waals surface area contributed by atoms with E-state index in [1.54, 1.807) is 7.11 Å². The summed E-state index contributed by atoms with van der Waals surface area (Å²) in [4.78, 5) is 0. The van der Waals surface area contributed by atoms with Gasteiger partial charge in [-0.05, 0) is 36.1 Å². The third-order valence-electron chi connectivity index (χ3n) is 2.56. The van der Waals surface area contributed by atoms with Crippen molar-refractivity contribution in [2.45, 2.75) is 19.8 Å². The maximum atomic E-state index is 5.90. The van der Waals surface area contributed by atoms with Crippen molar-refractivity contribution < 1.29 is 4.74 Å². The van der Waals surface area contributed by atoms with E-state index in [0.717, 1.165) is 23.1 Å². The Bertz CT molecular complexity index is 310. The third-order valence-corrected chi connectivity index (χ3v) is 3.77. The van der Waals surface area contributed by atoms with Gasteiger partial charge in [0.2, 0.25) is 0 Å². The molecule has 0 saturated carbocycles. The lowest BCUT2D eigenvalue weighted by Gasteiger charge is -2.13. The minimum absolute atomic E-state index is 0.537. The number of methoxy groups -OCH3 is 1. The molecule has 0 saturated heterocycles. The van der Waals surface area contributed by atoms with E-state index in [1.165, 1.54) is 5.56 Å². The van der Waals surface area contributed by atoms with Gasteiger partial charge in [-0.2, -0.15) is 0 Å². The van der Waals surface area contributed by atoms with Gasteiger partial charge in [0.05, 0.1) is 7.11 Å². The van der Waals surface area contributed by atoms with E-state index in [1.807, 2.05) is 12.1 Å². The van der Waals surface area contributed by atoms with Gasteiger partial charge in [0.25, 0.3) is 0 Å². The van der Waals surface area contributed by atoms with Crippen LogP contribution in [0.3, 0.4) is 0 Å². The predicted octanol–water partition coefficient (Wildman–Crippen LogP) is 4.27. The van der Waals surface area contributed by atoms with Crippen LogP contribution in [0.15, 0.2) is 22.7 Å². The maximum Gasteiger partial charge on any atom is 0.119 e. The van der Waals surface area contributed by atoms with Crippen LogP contribution in [-0.2, 0) is 6.42 Å². The number of benzene rings is 1. The molecule has 0 fully saturated rings. The number of alkyl halides is 1. The fraction of sp³-hybridized carbons (Fsp3) is 0.500. The first-order valence-electron chi connectivity index (χ1n) is 5.09. The highest BCUT2D eigenvalue weighted by Gasteiger charge is 2.09. The number of hydrogen-bond acceptors (Lipinski definition) is 1. The van der Waals surface area contributed by atoms with Crippen LogP contribution in [0, 0.1) is 5.92 Å². The Hall–Kier alpha value is -0.210. The first-order valence-corrected chi connectivity index (χ1v) is 6.42. The molecule has 1 nitrogen and oxygen atoms in total. The fourth-order valence-corrected chi connectivity index (χ4v) is 2.19. The molecule has 1 atom stereocenters. The monoisotopic (exact) mass is 290 g/mol. The van der Waals surface area contributed by atoms with Crippen molar-refractivity contribution in [1.29, 1.82) is 0 Å². The molecule has 1 aromatic carbocycles. The van der Waals surface area contributed by atoms with E-state index < -0.39 is 0 Å². The molecular formula is C12H16BrClO. The standard InChI is InChI=1S/C12H16BrClO/c1-3-9(8-14)6-10-7-11(15-2)4-5-12(10)13/h4-5,7,9H,3,6,8H2,1-2H3. The van der Waals surface area contributed by atoms with Crippen LogP contribution in [0.2, 0.25) is 0 Å². The average Bonchev–Trinajstić information content (AvgIpc) is 2.28. The highest BCUT2D eigenvalue weighted by molar-refractivity contribution is 9.10. The number of hydrogen-bond donors (Lipinski definition) is 0. The maximum absolute atomic E-state index is 5.90. The average molecular weight is 292 g/mol. The van der Waals surface area contributed by atoms with E-state index in [-0.39, 0.29) is 0 Å². The Labute approximate surface area is 105 Å².